The number of aromatic amines is 1. The van der Waals surface area contributed by atoms with E-state index in [2.05, 4.69) is 15.0 Å². The molecule has 2 aromatic rings. The number of halogens is 2. The lowest BCUT2D eigenvalue weighted by Gasteiger charge is -1.91. The van der Waals surface area contributed by atoms with E-state index in [-0.39, 0.29) is 5.15 Å². The Kier molecular flexibility index (Phi) is 1.62. The maximum Gasteiger partial charge on any atom is 0.286 e. The van der Waals surface area contributed by atoms with E-state index in [1.165, 1.54) is 18.6 Å². The van der Waals surface area contributed by atoms with Crippen LogP contribution in [0.4, 0.5) is 4.39 Å². The van der Waals surface area contributed by atoms with Gasteiger partial charge in [0, 0.05) is 6.07 Å². The lowest BCUT2D eigenvalue weighted by molar-refractivity contribution is -0.349. The second-order valence-electron chi connectivity index (χ2n) is 2.25. The molecule has 2 aromatic heterocycles. The maximum absolute atomic E-state index is 12.6. The van der Waals surface area contributed by atoms with Crippen molar-refractivity contribution < 1.29 is 9.37 Å². The first-order chi connectivity index (χ1) is 5.77. The van der Waals surface area contributed by atoms with E-state index in [1.54, 1.807) is 0 Å². The van der Waals surface area contributed by atoms with Gasteiger partial charge in [-0.25, -0.2) is 9.97 Å². The molecule has 0 spiro atoms. The number of fused-ring (bicyclic) bond motifs is 1. The van der Waals surface area contributed by atoms with Gasteiger partial charge in [-0.3, -0.25) is 0 Å². The van der Waals surface area contributed by atoms with Crippen molar-refractivity contribution in [1.29, 1.82) is 0 Å². The Hall–Kier alpha value is -1.29. The van der Waals surface area contributed by atoms with E-state index >= 15 is 0 Å². The summed E-state index contributed by atoms with van der Waals surface area (Å²) in [6, 6.07) is 1.24. The number of nitrogens with one attached hydrogen (secondary N) is 1. The van der Waals surface area contributed by atoms with Crippen LogP contribution in [0.1, 0.15) is 0 Å². The summed E-state index contributed by atoms with van der Waals surface area (Å²) in [6.07, 6.45) is 2.81. The summed E-state index contributed by atoms with van der Waals surface area (Å²) in [6.45, 7) is 0. The van der Waals surface area contributed by atoms with Gasteiger partial charge in [0.2, 0.25) is 5.95 Å². The van der Waals surface area contributed by atoms with Gasteiger partial charge in [0.15, 0.2) is 5.52 Å². The van der Waals surface area contributed by atoms with Gasteiger partial charge in [0.25, 0.3) is 11.5 Å². The predicted octanol–water partition coefficient (Wildman–Crippen LogP) is 1.24. The Labute approximate surface area is 72.2 Å². The third-order valence-corrected chi connectivity index (χ3v) is 1.79. The van der Waals surface area contributed by atoms with Gasteiger partial charge in [0.1, 0.15) is 0 Å². The number of H-pyrrole nitrogens is 1. The molecule has 0 saturated heterocycles. The highest BCUT2D eigenvalue weighted by Crippen LogP contribution is 2.16. The maximum atomic E-state index is 12.6. The number of nitrogens with zero attached hydrogens (tertiary/aromatic N) is 2. The fourth-order valence-electron chi connectivity index (χ4n) is 0.944. The molecule has 0 atom stereocenters. The van der Waals surface area contributed by atoms with E-state index in [9.17, 15) is 4.39 Å². The molecule has 3 nitrogen and oxygen atoms in total. The topological polar surface area (TPSA) is 39.9 Å². The van der Waals surface area contributed by atoms with Crippen molar-refractivity contribution >= 4 is 22.5 Å². The van der Waals surface area contributed by atoms with Crippen LogP contribution < -0.4 is 4.98 Å². The van der Waals surface area contributed by atoms with E-state index in [4.69, 9.17) is 11.6 Å². The van der Waals surface area contributed by atoms with Crippen LogP contribution in [0.25, 0.3) is 10.9 Å². The van der Waals surface area contributed by atoms with Gasteiger partial charge in [0.05, 0.1) is 11.6 Å². The molecule has 0 aliphatic heterocycles. The summed E-state index contributed by atoms with van der Waals surface area (Å²) in [5, 5.41) is 0.803. The van der Waals surface area contributed by atoms with Crippen LogP contribution in [-0.2, 0) is 0 Å². The summed E-state index contributed by atoms with van der Waals surface area (Å²) < 4.78 is 12.6. The minimum Gasteiger partial charge on any atom is -0.242 e. The zero-order chi connectivity index (χ0) is 8.55. The minimum absolute atomic E-state index is 0.269. The summed E-state index contributed by atoms with van der Waals surface area (Å²) >= 11 is 5.70. The van der Waals surface area contributed by atoms with Crippen molar-refractivity contribution in [2.45, 2.75) is 0 Å². The Morgan fingerprint density at radius 2 is 2.25 bits per heavy atom. The smallest absolute Gasteiger partial charge is 0.242 e. The highest BCUT2D eigenvalue weighted by molar-refractivity contribution is 6.33. The Morgan fingerprint density at radius 1 is 1.42 bits per heavy atom. The molecule has 2 rings (SSSR count). The monoisotopic (exact) mass is 184 g/mol. The van der Waals surface area contributed by atoms with Crippen molar-refractivity contribution in [1.82, 2.24) is 9.97 Å². The molecular weight excluding hydrogens is 181 g/mol. The summed E-state index contributed by atoms with van der Waals surface area (Å²) in [5.41, 5.74) is 0.663. The standard InChI is InChI=1S/C7H3ClFN3/c8-7-4-1-6(9)10-2-5(4)11-3-12-7/h1-3H/p+1. The number of aromatic nitrogens is 3. The third kappa shape index (κ3) is 1.10. The first-order valence-corrected chi connectivity index (χ1v) is 3.62. The first kappa shape index (κ1) is 7.36. The lowest BCUT2D eigenvalue weighted by atomic mass is 10.3. The predicted molar refractivity (Wildman–Crippen MR) is 41.1 cm³/mol. The zero-order valence-corrected chi connectivity index (χ0v) is 6.64. The normalized spacial score (nSPS) is 10.5. The van der Waals surface area contributed by atoms with Crippen molar-refractivity contribution in [2.75, 3.05) is 0 Å². The Balaban J connectivity index is 2.88. The number of pyridine rings is 1. The van der Waals surface area contributed by atoms with E-state index in [1.807, 2.05) is 0 Å². The van der Waals surface area contributed by atoms with Crippen LogP contribution >= 0.6 is 11.6 Å². The molecule has 0 saturated carbocycles. The zero-order valence-electron chi connectivity index (χ0n) is 5.88. The molecule has 0 aromatic carbocycles. The molecule has 1 N–H and O–H groups in total. The van der Waals surface area contributed by atoms with Gasteiger partial charge in [-0.05, 0) is 16.6 Å². The molecule has 0 fully saturated rings. The molecule has 0 aliphatic carbocycles. The number of hydrogen-bond acceptors (Lipinski definition) is 2. The SMILES string of the molecule is Fc1cc2c(Cl)nc[nH+]c2cn1. The van der Waals surface area contributed by atoms with Crippen LogP contribution in [0.5, 0.6) is 0 Å². The lowest BCUT2D eigenvalue weighted by Crippen LogP contribution is -2.05. The van der Waals surface area contributed by atoms with Gasteiger partial charge in [-0.1, -0.05) is 0 Å². The molecule has 5 heteroatoms. The molecule has 0 amide bonds. The molecule has 0 radical (unpaired) electrons. The second-order valence-corrected chi connectivity index (χ2v) is 2.60. The van der Waals surface area contributed by atoms with Crippen molar-refractivity contribution in [3.8, 4) is 0 Å². The first-order valence-electron chi connectivity index (χ1n) is 3.25. The van der Waals surface area contributed by atoms with Crippen LogP contribution in [0, 0.1) is 5.95 Å². The average molecular weight is 185 g/mol. The summed E-state index contributed by atoms with van der Waals surface area (Å²) in [4.78, 5) is 10.0. The van der Waals surface area contributed by atoms with E-state index < -0.39 is 5.95 Å². The molecule has 60 valence electrons. The third-order valence-electron chi connectivity index (χ3n) is 1.49. The summed E-state index contributed by atoms with van der Waals surface area (Å²) in [5.74, 6) is -0.564. The summed E-state index contributed by atoms with van der Waals surface area (Å²) in [7, 11) is 0. The van der Waals surface area contributed by atoms with Crippen molar-refractivity contribution in [3.63, 3.8) is 0 Å². The molecule has 0 unspecified atom stereocenters. The molecule has 12 heavy (non-hydrogen) atoms. The van der Waals surface area contributed by atoms with Crippen LogP contribution in [0.15, 0.2) is 18.6 Å². The van der Waals surface area contributed by atoms with E-state index in [0.717, 1.165) is 0 Å². The Morgan fingerprint density at radius 3 is 3.08 bits per heavy atom. The van der Waals surface area contributed by atoms with E-state index in [0.29, 0.717) is 10.9 Å². The highest BCUT2D eigenvalue weighted by atomic mass is 35.5. The van der Waals surface area contributed by atoms with Gasteiger partial charge < -0.3 is 0 Å². The quantitative estimate of drug-likeness (QED) is 0.457. The fourth-order valence-corrected chi connectivity index (χ4v) is 1.15. The van der Waals surface area contributed by atoms with Gasteiger partial charge >= 0.3 is 0 Å². The number of rotatable bonds is 0. The molecule has 0 aliphatic rings. The number of hydrogen-bond donors (Lipinski definition) is 0. The molecule has 2 heterocycles. The highest BCUT2D eigenvalue weighted by Gasteiger charge is 2.07. The fraction of sp³-hybridized carbons (Fsp3) is 0. The van der Waals surface area contributed by atoms with Gasteiger partial charge in [-0.15, -0.1) is 0 Å². The molecular formula is C7H4ClFN3+. The average Bonchev–Trinajstić information content (AvgIpc) is 2.07. The van der Waals surface area contributed by atoms with Gasteiger partial charge in [-0.2, -0.15) is 4.39 Å². The van der Waals surface area contributed by atoms with Crippen LogP contribution in [-0.4, -0.2) is 9.97 Å². The Bertz CT molecular complexity index is 432. The largest absolute Gasteiger partial charge is 0.286 e. The molecule has 0 bridgehead atoms. The van der Waals surface area contributed by atoms with Crippen molar-refractivity contribution in [3.05, 3.63) is 29.7 Å². The van der Waals surface area contributed by atoms with Crippen molar-refractivity contribution in [2.24, 2.45) is 0 Å². The minimum atomic E-state index is -0.564. The van der Waals surface area contributed by atoms with Crippen LogP contribution in [0.2, 0.25) is 5.15 Å². The second kappa shape index (κ2) is 2.64. The van der Waals surface area contributed by atoms with Crippen LogP contribution in [0.3, 0.4) is 0 Å².